The van der Waals surface area contributed by atoms with Gasteiger partial charge in [0, 0.05) is 23.1 Å². The number of fused-ring (bicyclic) bond motifs is 1. The average Bonchev–Trinajstić information content (AvgIpc) is 2.79. The van der Waals surface area contributed by atoms with Crippen LogP contribution in [0, 0.1) is 0 Å². The molecule has 0 bridgehead atoms. The number of methoxy groups -OCH3 is 3. The number of halogens is 1. The molecule has 5 nitrogen and oxygen atoms in total. The SMILES string of the molecule is COc1ccc(N=c2cc(-c3ccccc3Cl)oc3ccc(OC)cc23)c(OC)c1. The Morgan fingerprint density at radius 3 is 2.27 bits per heavy atom. The molecule has 0 saturated carbocycles. The summed E-state index contributed by atoms with van der Waals surface area (Å²) in [7, 11) is 4.84. The average molecular weight is 422 g/mol. The van der Waals surface area contributed by atoms with Crippen molar-refractivity contribution in [3.8, 4) is 28.6 Å². The number of hydrogen-bond donors (Lipinski definition) is 0. The van der Waals surface area contributed by atoms with Crippen molar-refractivity contribution in [2.75, 3.05) is 21.3 Å². The van der Waals surface area contributed by atoms with Crippen molar-refractivity contribution in [1.29, 1.82) is 0 Å². The van der Waals surface area contributed by atoms with E-state index in [1.54, 1.807) is 27.4 Å². The Morgan fingerprint density at radius 1 is 0.800 bits per heavy atom. The van der Waals surface area contributed by atoms with Gasteiger partial charge in [-0.25, -0.2) is 4.99 Å². The van der Waals surface area contributed by atoms with Gasteiger partial charge in [-0.05, 0) is 42.5 Å². The van der Waals surface area contributed by atoms with Gasteiger partial charge in [-0.2, -0.15) is 0 Å². The first-order chi connectivity index (χ1) is 14.6. The van der Waals surface area contributed by atoms with Crippen LogP contribution in [0.15, 0.2) is 76.1 Å². The first-order valence-corrected chi connectivity index (χ1v) is 9.64. The highest BCUT2D eigenvalue weighted by atomic mass is 35.5. The molecule has 4 rings (SSSR count). The van der Waals surface area contributed by atoms with Crippen LogP contribution in [-0.2, 0) is 0 Å². The molecule has 0 unspecified atom stereocenters. The van der Waals surface area contributed by atoms with Gasteiger partial charge in [-0.3, -0.25) is 0 Å². The molecule has 0 fully saturated rings. The Morgan fingerprint density at radius 2 is 1.53 bits per heavy atom. The first-order valence-electron chi connectivity index (χ1n) is 9.26. The molecule has 4 aromatic rings. The lowest BCUT2D eigenvalue weighted by Gasteiger charge is -2.09. The molecule has 0 amide bonds. The van der Waals surface area contributed by atoms with Gasteiger partial charge in [0.1, 0.15) is 34.3 Å². The third-order valence-electron chi connectivity index (χ3n) is 4.72. The molecule has 0 radical (unpaired) electrons. The van der Waals surface area contributed by atoms with Crippen LogP contribution in [-0.4, -0.2) is 21.3 Å². The summed E-state index contributed by atoms with van der Waals surface area (Å²) in [6, 6.07) is 20.5. The molecule has 1 heterocycles. The van der Waals surface area contributed by atoms with Crippen LogP contribution in [0.1, 0.15) is 0 Å². The van der Waals surface area contributed by atoms with Crippen molar-refractivity contribution in [2.45, 2.75) is 0 Å². The number of rotatable bonds is 5. The van der Waals surface area contributed by atoms with Crippen LogP contribution < -0.4 is 19.6 Å². The monoisotopic (exact) mass is 421 g/mol. The summed E-state index contributed by atoms with van der Waals surface area (Å²) >= 11 is 6.41. The van der Waals surface area contributed by atoms with E-state index in [0.29, 0.717) is 44.7 Å². The second-order valence-corrected chi connectivity index (χ2v) is 6.89. The summed E-state index contributed by atoms with van der Waals surface area (Å²) in [6.45, 7) is 0. The van der Waals surface area contributed by atoms with Crippen LogP contribution in [0.3, 0.4) is 0 Å². The Labute approximate surface area is 179 Å². The molecule has 152 valence electrons. The predicted octanol–water partition coefficient (Wildman–Crippen LogP) is 6.01. The lowest BCUT2D eigenvalue weighted by molar-refractivity contribution is 0.395. The van der Waals surface area contributed by atoms with E-state index < -0.39 is 0 Å². The van der Waals surface area contributed by atoms with Gasteiger partial charge < -0.3 is 18.6 Å². The number of hydrogen-bond acceptors (Lipinski definition) is 5. The van der Waals surface area contributed by atoms with Gasteiger partial charge in [0.05, 0.1) is 31.7 Å². The molecule has 3 aromatic carbocycles. The van der Waals surface area contributed by atoms with E-state index in [1.165, 1.54) is 0 Å². The van der Waals surface area contributed by atoms with Crippen LogP contribution in [0.4, 0.5) is 5.69 Å². The minimum atomic E-state index is 0.599. The van der Waals surface area contributed by atoms with Gasteiger partial charge in [0.2, 0.25) is 0 Å². The largest absolute Gasteiger partial charge is 0.497 e. The quantitative estimate of drug-likeness (QED) is 0.396. The fraction of sp³-hybridized carbons (Fsp3) is 0.125. The maximum Gasteiger partial charge on any atom is 0.148 e. The van der Waals surface area contributed by atoms with E-state index in [9.17, 15) is 0 Å². The summed E-state index contributed by atoms with van der Waals surface area (Å²) in [6.07, 6.45) is 0. The van der Waals surface area contributed by atoms with E-state index >= 15 is 0 Å². The predicted molar refractivity (Wildman–Crippen MR) is 118 cm³/mol. The van der Waals surface area contributed by atoms with E-state index in [1.807, 2.05) is 60.7 Å². The standard InChI is InChI=1S/C24H20ClNO4/c1-27-15-9-11-22-18(12-15)21(14-23(30-22)17-6-4-5-7-19(17)25)26-20-10-8-16(28-2)13-24(20)29-3/h4-14H,1-3H3. The van der Waals surface area contributed by atoms with Crippen LogP contribution >= 0.6 is 11.6 Å². The Hall–Kier alpha value is -3.44. The molecule has 0 aliphatic rings. The minimum absolute atomic E-state index is 0.599. The Kier molecular flexibility index (Phi) is 5.63. The van der Waals surface area contributed by atoms with Gasteiger partial charge in [-0.1, -0.05) is 23.7 Å². The van der Waals surface area contributed by atoms with Crippen LogP contribution in [0.2, 0.25) is 5.02 Å². The topological polar surface area (TPSA) is 53.2 Å². The fourth-order valence-electron chi connectivity index (χ4n) is 3.17. The fourth-order valence-corrected chi connectivity index (χ4v) is 3.40. The van der Waals surface area contributed by atoms with Crippen molar-refractivity contribution in [2.24, 2.45) is 4.99 Å². The third-order valence-corrected chi connectivity index (χ3v) is 5.05. The molecule has 0 aliphatic heterocycles. The molecule has 1 aromatic heterocycles. The molecule has 0 atom stereocenters. The molecule has 0 spiro atoms. The first kappa shape index (κ1) is 19.9. The zero-order valence-corrected chi connectivity index (χ0v) is 17.6. The maximum absolute atomic E-state index is 6.41. The van der Waals surface area contributed by atoms with Gasteiger partial charge >= 0.3 is 0 Å². The third kappa shape index (κ3) is 3.84. The van der Waals surface area contributed by atoms with Gasteiger partial charge in [0.25, 0.3) is 0 Å². The summed E-state index contributed by atoms with van der Waals surface area (Å²) < 4.78 is 22.3. The molecule has 30 heavy (non-hydrogen) atoms. The molecule has 0 saturated heterocycles. The zero-order chi connectivity index (χ0) is 21.1. The summed E-state index contributed by atoms with van der Waals surface area (Å²) in [5.41, 5.74) is 2.12. The van der Waals surface area contributed by atoms with Crippen LogP contribution in [0.5, 0.6) is 17.2 Å². The highest BCUT2D eigenvalue weighted by Crippen LogP contribution is 2.33. The zero-order valence-electron chi connectivity index (χ0n) is 16.8. The second-order valence-electron chi connectivity index (χ2n) is 6.49. The molecule has 0 N–H and O–H groups in total. The van der Waals surface area contributed by atoms with Crippen molar-refractivity contribution >= 4 is 28.3 Å². The summed E-state index contributed by atoms with van der Waals surface area (Å²) in [5, 5.41) is 2.11. The smallest absolute Gasteiger partial charge is 0.148 e. The summed E-state index contributed by atoms with van der Waals surface area (Å²) in [4.78, 5) is 4.87. The second kappa shape index (κ2) is 8.51. The van der Waals surface area contributed by atoms with Crippen molar-refractivity contribution in [3.63, 3.8) is 0 Å². The van der Waals surface area contributed by atoms with Gasteiger partial charge in [0.15, 0.2) is 0 Å². The molecule has 0 aliphatic carbocycles. The molecular formula is C24H20ClNO4. The molecular weight excluding hydrogens is 402 g/mol. The van der Waals surface area contributed by atoms with Crippen LogP contribution in [0.25, 0.3) is 22.3 Å². The normalized spacial score (nSPS) is 11.5. The number of nitrogens with zero attached hydrogens (tertiary/aromatic N) is 1. The highest BCUT2D eigenvalue weighted by molar-refractivity contribution is 6.33. The molecule has 6 heteroatoms. The number of benzene rings is 3. The van der Waals surface area contributed by atoms with Gasteiger partial charge in [-0.15, -0.1) is 0 Å². The van der Waals surface area contributed by atoms with E-state index in [4.69, 9.17) is 35.2 Å². The minimum Gasteiger partial charge on any atom is -0.497 e. The Bertz CT molecular complexity index is 1280. The van der Waals surface area contributed by atoms with E-state index in [-0.39, 0.29) is 0 Å². The van der Waals surface area contributed by atoms with Crippen molar-refractivity contribution < 1.29 is 18.6 Å². The van der Waals surface area contributed by atoms with Crippen molar-refractivity contribution in [3.05, 3.63) is 77.1 Å². The van der Waals surface area contributed by atoms with Crippen molar-refractivity contribution in [1.82, 2.24) is 0 Å². The maximum atomic E-state index is 6.41. The lowest BCUT2D eigenvalue weighted by atomic mass is 10.1. The highest BCUT2D eigenvalue weighted by Gasteiger charge is 2.11. The summed E-state index contributed by atoms with van der Waals surface area (Å²) in [5.74, 6) is 2.62. The van der Waals surface area contributed by atoms with E-state index in [2.05, 4.69) is 0 Å². The number of ether oxygens (including phenoxy) is 3. The Balaban J connectivity index is 2.02. The van der Waals surface area contributed by atoms with E-state index in [0.717, 1.165) is 10.9 Å². The lowest BCUT2D eigenvalue weighted by Crippen LogP contribution is -2.04.